The zero-order valence-electron chi connectivity index (χ0n) is 9.79. The molecule has 0 saturated heterocycles. The molecule has 6 heteroatoms. The highest BCUT2D eigenvalue weighted by Gasteiger charge is 2.30. The summed E-state index contributed by atoms with van der Waals surface area (Å²) in [5.74, 6) is 1.45. The standard InChI is InChI=1S/C12H13F3N2S/c1-8-6-16-11(18-7-8)17-10-4-2-3-9(5-10)12(13,14)15/h2-5,8H,6-7H2,1H3,(H,16,17). The van der Waals surface area contributed by atoms with E-state index in [0.717, 1.165) is 17.9 Å². The van der Waals surface area contributed by atoms with Gasteiger partial charge in [-0.1, -0.05) is 24.8 Å². The van der Waals surface area contributed by atoms with Crippen molar-refractivity contribution in [2.45, 2.75) is 13.1 Å². The second kappa shape index (κ2) is 5.22. The van der Waals surface area contributed by atoms with Gasteiger partial charge in [-0.15, -0.1) is 0 Å². The van der Waals surface area contributed by atoms with Crippen molar-refractivity contribution >= 4 is 22.6 Å². The molecule has 0 amide bonds. The number of benzene rings is 1. The number of hydrogen-bond donors (Lipinski definition) is 1. The minimum Gasteiger partial charge on any atom is -0.335 e. The fourth-order valence-corrected chi connectivity index (χ4v) is 2.43. The zero-order valence-corrected chi connectivity index (χ0v) is 10.6. The fourth-order valence-electron chi connectivity index (χ4n) is 1.53. The van der Waals surface area contributed by atoms with E-state index < -0.39 is 11.7 Å². The second-order valence-electron chi connectivity index (χ2n) is 4.27. The number of thioether (sulfide) groups is 1. The van der Waals surface area contributed by atoms with Gasteiger partial charge in [-0.3, -0.25) is 4.99 Å². The van der Waals surface area contributed by atoms with Gasteiger partial charge in [0.2, 0.25) is 0 Å². The highest BCUT2D eigenvalue weighted by molar-refractivity contribution is 8.14. The predicted molar refractivity (Wildman–Crippen MR) is 69.0 cm³/mol. The van der Waals surface area contributed by atoms with Crippen molar-refractivity contribution in [2.24, 2.45) is 10.9 Å². The minimum atomic E-state index is -4.31. The Morgan fingerprint density at radius 3 is 2.78 bits per heavy atom. The number of nitrogens with one attached hydrogen (secondary N) is 1. The Balaban J connectivity index is 2.10. The van der Waals surface area contributed by atoms with Crippen molar-refractivity contribution in [1.82, 2.24) is 0 Å². The molecule has 0 bridgehead atoms. The molecule has 1 aromatic carbocycles. The Morgan fingerprint density at radius 2 is 2.17 bits per heavy atom. The molecule has 1 aliphatic heterocycles. The number of anilines is 1. The van der Waals surface area contributed by atoms with Crippen molar-refractivity contribution in [3.8, 4) is 0 Å². The monoisotopic (exact) mass is 274 g/mol. The lowest BCUT2D eigenvalue weighted by atomic mass is 10.2. The van der Waals surface area contributed by atoms with Gasteiger partial charge in [0.25, 0.3) is 0 Å². The van der Waals surface area contributed by atoms with Crippen LogP contribution in [0.2, 0.25) is 0 Å². The molecule has 0 radical (unpaired) electrons. The highest BCUT2D eigenvalue weighted by atomic mass is 32.2. The summed E-state index contributed by atoms with van der Waals surface area (Å²) in [6.45, 7) is 2.81. The molecule has 1 N–H and O–H groups in total. The average molecular weight is 274 g/mol. The minimum absolute atomic E-state index is 0.422. The second-order valence-corrected chi connectivity index (χ2v) is 5.27. The molecule has 2 rings (SSSR count). The van der Waals surface area contributed by atoms with Crippen LogP contribution in [0.15, 0.2) is 29.3 Å². The Morgan fingerprint density at radius 1 is 1.39 bits per heavy atom. The summed E-state index contributed by atoms with van der Waals surface area (Å²) >= 11 is 1.54. The first kappa shape index (κ1) is 13.3. The zero-order chi connectivity index (χ0) is 13.2. The van der Waals surface area contributed by atoms with E-state index in [1.165, 1.54) is 17.8 Å². The molecule has 0 aromatic heterocycles. The first-order valence-corrected chi connectivity index (χ1v) is 6.55. The topological polar surface area (TPSA) is 24.4 Å². The summed E-state index contributed by atoms with van der Waals surface area (Å²) in [6.07, 6.45) is -4.31. The molecular formula is C12H13F3N2S. The number of amidine groups is 1. The lowest BCUT2D eigenvalue weighted by molar-refractivity contribution is -0.137. The summed E-state index contributed by atoms with van der Waals surface area (Å²) < 4.78 is 37.6. The fraction of sp³-hybridized carbons (Fsp3) is 0.417. The number of rotatable bonds is 1. The van der Waals surface area contributed by atoms with Crippen LogP contribution in [-0.2, 0) is 6.18 Å². The molecule has 0 spiro atoms. The Hall–Kier alpha value is -1.17. The lowest BCUT2D eigenvalue weighted by Crippen LogP contribution is -2.19. The maximum atomic E-state index is 12.5. The van der Waals surface area contributed by atoms with E-state index >= 15 is 0 Å². The van der Waals surface area contributed by atoms with Crippen molar-refractivity contribution in [3.63, 3.8) is 0 Å². The maximum absolute atomic E-state index is 12.5. The van der Waals surface area contributed by atoms with Gasteiger partial charge >= 0.3 is 6.18 Å². The van der Waals surface area contributed by atoms with Crippen LogP contribution in [0.4, 0.5) is 18.9 Å². The maximum Gasteiger partial charge on any atom is 0.416 e. The molecular weight excluding hydrogens is 261 g/mol. The number of alkyl halides is 3. The van der Waals surface area contributed by atoms with E-state index in [-0.39, 0.29) is 0 Å². The van der Waals surface area contributed by atoms with E-state index in [4.69, 9.17) is 0 Å². The molecule has 1 atom stereocenters. The number of halogens is 3. The van der Waals surface area contributed by atoms with E-state index in [2.05, 4.69) is 17.2 Å². The van der Waals surface area contributed by atoms with Gasteiger partial charge in [0.15, 0.2) is 5.17 Å². The largest absolute Gasteiger partial charge is 0.416 e. The summed E-state index contributed by atoms with van der Waals surface area (Å²) in [4.78, 5) is 4.28. The first-order chi connectivity index (χ1) is 8.45. The SMILES string of the molecule is CC1CN=C(Nc2cccc(C(F)(F)F)c2)SC1. The van der Waals surface area contributed by atoms with Gasteiger partial charge in [0, 0.05) is 18.0 Å². The summed E-state index contributed by atoms with van der Waals surface area (Å²) in [7, 11) is 0. The molecule has 18 heavy (non-hydrogen) atoms. The Labute approximate surface area is 108 Å². The molecule has 1 heterocycles. The smallest absolute Gasteiger partial charge is 0.335 e. The van der Waals surface area contributed by atoms with Gasteiger partial charge in [0.05, 0.1) is 5.56 Å². The van der Waals surface area contributed by atoms with E-state index in [9.17, 15) is 13.2 Å². The van der Waals surface area contributed by atoms with Crippen LogP contribution in [-0.4, -0.2) is 17.5 Å². The van der Waals surface area contributed by atoms with E-state index in [1.807, 2.05) is 0 Å². The molecule has 1 unspecified atom stereocenters. The third-order valence-electron chi connectivity index (χ3n) is 2.49. The quantitative estimate of drug-likeness (QED) is 0.841. The first-order valence-electron chi connectivity index (χ1n) is 5.56. The molecule has 1 aliphatic rings. The highest BCUT2D eigenvalue weighted by Crippen LogP contribution is 2.31. The number of nitrogens with zero attached hydrogens (tertiary/aromatic N) is 1. The van der Waals surface area contributed by atoms with Gasteiger partial charge in [-0.25, -0.2) is 0 Å². The van der Waals surface area contributed by atoms with Crippen molar-refractivity contribution in [3.05, 3.63) is 29.8 Å². The third kappa shape index (κ3) is 3.41. The van der Waals surface area contributed by atoms with Gasteiger partial charge in [0.1, 0.15) is 0 Å². The van der Waals surface area contributed by atoms with Crippen LogP contribution < -0.4 is 5.32 Å². The number of hydrogen-bond acceptors (Lipinski definition) is 3. The van der Waals surface area contributed by atoms with Crippen LogP contribution in [0.1, 0.15) is 12.5 Å². The van der Waals surface area contributed by atoms with Gasteiger partial charge < -0.3 is 5.32 Å². The van der Waals surface area contributed by atoms with Gasteiger partial charge in [-0.05, 0) is 24.1 Å². The predicted octanol–water partition coefficient (Wildman–Crippen LogP) is 3.86. The normalized spacial score (nSPS) is 20.4. The lowest BCUT2D eigenvalue weighted by Gasteiger charge is -2.18. The Kier molecular flexibility index (Phi) is 3.85. The van der Waals surface area contributed by atoms with E-state index in [0.29, 0.717) is 23.3 Å². The molecule has 2 nitrogen and oxygen atoms in total. The van der Waals surface area contributed by atoms with Crippen LogP contribution in [0.5, 0.6) is 0 Å². The Bertz CT molecular complexity index is 457. The van der Waals surface area contributed by atoms with Crippen LogP contribution in [0.25, 0.3) is 0 Å². The summed E-state index contributed by atoms with van der Waals surface area (Å²) in [5, 5.41) is 3.61. The van der Waals surface area contributed by atoms with Crippen molar-refractivity contribution in [1.29, 1.82) is 0 Å². The van der Waals surface area contributed by atoms with E-state index in [1.54, 1.807) is 6.07 Å². The molecule has 0 fully saturated rings. The van der Waals surface area contributed by atoms with Crippen LogP contribution in [0, 0.1) is 5.92 Å². The van der Waals surface area contributed by atoms with Crippen LogP contribution in [0.3, 0.4) is 0 Å². The number of aliphatic imine (C=N–C) groups is 1. The van der Waals surface area contributed by atoms with Crippen molar-refractivity contribution in [2.75, 3.05) is 17.6 Å². The average Bonchev–Trinajstić information content (AvgIpc) is 2.31. The van der Waals surface area contributed by atoms with Crippen LogP contribution >= 0.6 is 11.8 Å². The molecule has 98 valence electrons. The summed E-state index contributed by atoms with van der Waals surface area (Å²) in [5.41, 5.74) is -0.229. The molecule has 1 aromatic rings. The molecule has 0 aliphatic carbocycles. The molecule has 0 saturated carbocycles. The van der Waals surface area contributed by atoms with Gasteiger partial charge in [-0.2, -0.15) is 13.2 Å². The third-order valence-corrected chi connectivity index (χ3v) is 3.73. The van der Waals surface area contributed by atoms with Crippen molar-refractivity contribution < 1.29 is 13.2 Å². The summed E-state index contributed by atoms with van der Waals surface area (Å²) in [6, 6.07) is 5.16.